The summed E-state index contributed by atoms with van der Waals surface area (Å²) in [6.07, 6.45) is 0. The van der Waals surface area contributed by atoms with E-state index in [4.69, 9.17) is 9.47 Å². The first-order valence-electron chi connectivity index (χ1n) is 8.96. The van der Waals surface area contributed by atoms with Crippen LogP contribution in [0.1, 0.15) is 69.2 Å². The summed E-state index contributed by atoms with van der Waals surface area (Å²) >= 11 is 1.01. The smallest absolute Gasteiger partial charge is 0.349 e. The van der Waals surface area contributed by atoms with Crippen LogP contribution in [0.4, 0.5) is 5.00 Å². The zero-order valence-electron chi connectivity index (χ0n) is 17.0. The van der Waals surface area contributed by atoms with Crippen LogP contribution < -0.4 is 5.32 Å². The van der Waals surface area contributed by atoms with Gasteiger partial charge in [-0.1, -0.05) is 18.2 Å². The summed E-state index contributed by atoms with van der Waals surface area (Å²) in [5.41, 5.74) is 1.22. The van der Waals surface area contributed by atoms with Crippen LogP contribution in [0.25, 0.3) is 0 Å². The van der Waals surface area contributed by atoms with Gasteiger partial charge in [0.05, 0.1) is 12.2 Å². The van der Waals surface area contributed by atoms with Gasteiger partial charge < -0.3 is 14.8 Å². The number of nitrogens with one attached hydrogen (secondary N) is 1. The maximum Gasteiger partial charge on any atom is 0.349 e. The van der Waals surface area contributed by atoms with E-state index in [0.29, 0.717) is 11.1 Å². The van der Waals surface area contributed by atoms with Crippen LogP contribution in [0.15, 0.2) is 24.3 Å². The normalized spacial score (nSPS) is 11.1. The van der Waals surface area contributed by atoms with Gasteiger partial charge in [-0.2, -0.15) is 0 Å². The Morgan fingerprint density at radius 3 is 2.29 bits per heavy atom. The van der Waals surface area contributed by atoms with E-state index in [1.54, 1.807) is 46.8 Å². The maximum absolute atomic E-state index is 12.7. The third-order valence-electron chi connectivity index (χ3n) is 3.83. The molecule has 28 heavy (non-hydrogen) atoms. The molecule has 0 fully saturated rings. The van der Waals surface area contributed by atoms with E-state index in [-0.39, 0.29) is 28.0 Å². The van der Waals surface area contributed by atoms with Crippen LogP contribution in [0.2, 0.25) is 0 Å². The fourth-order valence-corrected chi connectivity index (χ4v) is 3.63. The highest BCUT2D eigenvalue weighted by molar-refractivity contribution is 7.18. The van der Waals surface area contributed by atoms with Crippen molar-refractivity contribution in [2.75, 3.05) is 11.9 Å². The average Bonchev–Trinajstić information content (AvgIpc) is 2.90. The van der Waals surface area contributed by atoms with Gasteiger partial charge in [0.1, 0.15) is 15.5 Å². The minimum absolute atomic E-state index is 0.176. The van der Waals surface area contributed by atoms with E-state index < -0.39 is 17.5 Å². The molecule has 7 heteroatoms. The maximum atomic E-state index is 12.7. The molecule has 0 bridgehead atoms. The topological polar surface area (TPSA) is 81.7 Å². The standard InChI is InChI=1S/C21H25NO5S/c1-7-26-19(24)15-13(3)16(20(25)27-21(4,5)6)28-18(15)22-17(23)14-11-9-8-10-12(14)2/h8-11H,7H2,1-6H3,(H,22,23). The molecular weight excluding hydrogens is 378 g/mol. The van der Waals surface area contributed by atoms with Crippen molar-refractivity contribution >= 4 is 34.2 Å². The molecule has 0 saturated carbocycles. The second-order valence-corrected chi connectivity index (χ2v) is 8.27. The molecule has 0 unspecified atom stereocenters. The number of hydrogen-bond acceptors (Lipinski definition) is 6. The van der Waals surface area contributed by atoms with Crippen LogP contribution in [0, 0.1) is 13.8 Å². The summed E-state index contributed by atoms with van der Waals surface area (Å²) in [6, 6.07) is 7.13. The molecular formula is C21H25NO5S. The summed E-state index contributed by atoms with van der Waals surface area (Å²) in [5.74, 6) is -1.50. The Morgan fingerprint density at radius 2 is 1.71 bits per heavy atom. The monoisotopic (exact) mass is 403 g/mol. The molecule has 1 heterocycles. The van der Waals surface area contributed by atoms with Crippen LogP contribution in [-0.2, 0) is 9.47 Å². The molecule has 1 aromatic carbocycles. The zero-order valence-corrected chi connectivity index (χ0v) is 17.8. The van der Waals surface area contributed by atoms with Gasteiger partial charge in [0.15, 0.2) is 0 Å². The van der Waals surface area contributed by atoms with Crippen molar-refractivity contribution in [3.05, 3.63) is 51.4 Å². The molecule has 0 radical (unpaired) electrons. The highest BCUT2D eigenvalue weighted by atomic mass is 32.1. The van der Waals surface area contributed by atoms with Crippen LogP contribution in [-0.4, -0.2) is 30.1 Å². The molecule has 150 valence electrons. The molecule has 1 N–H and O–H groups in total. The Morgan fingerprint density at radius 1 is 1.07 bits per heavy atom. The van der Waals surface area contributed by atoms with Gasteiger partial charge in [0.25, 0.3) is 5.91 Å². The lowest BCUT2D eigenvalue weighted by Gasteiger charge is -2.19. The average molecular weight is 404 g/mol. The molecule has 2 rings (SSSR count). The number of carbonyl (C=O) groups excluding carboxylic acids is 3. The number of hydrogen-bond donors (Lipinski definition) is 1. The van der Waals surface area contributed by atoms with Gasteiger partial charge >= 0.3 is 11.9 Å². The van der Waals surface area contributed by atoms with Crippen molar-refractivity contribution in [2.45, 2.75) is 47.1 Å². The highest BCUT2D eigenvalue weighted by Crippen LogP contribution is 2.35. The first-order chi connectivity index (χ1) is 13.0. The number of benzene rings is 1. The zero-order chi connectivity index (χ0) is 21.1. The Hall–Kier alpha value is -2.67. The van der Waals surface area contributed by atoms with Crippen molar-refractivity contribution in [3.63, 3.8) is 0 Å². The lowest BCUT2D eigenvalue weighted by atomic mass is 10.1. The summed E-state index contributed by atoms with van der Waals surface area (Å²) in [7, 11) is 0. The molecule has 6 nitrogen and oxygen atoms in total. The second-order valence-electron chi connectivity index (χ2n) is 7.25. The van der Waals surface area contributed by atoms with Gasteiger partial charge in [-0.15, -0.1) is 11.3 Å². The fourth-order valence-electron chi connectivity index (χ4n) is 2.57. The minimum Gasteiger partial charge on any atom is -0.462 e. The van der Waals surface area contributed by atoms with Gasteiger partial charge in [-0.25, -0.2) is 9.59 Å². The van der Waals surface area contributed by atoms with Crippen molar-refractivity contribution in [3.8, 4) is 0 Å². The molecule has 1 amide bonds. The van der Waals surface area contributed by atoms with Gasteiger partial charge in [0, 0.05) is 5.56 Å². The SMILES string of the molecule is CCOC(=O)c1c(NC(=O)c2ccccc2C)sc(C(=O)OC(C)(C)C)c1C. The first-order valence-corrected chi connectivity index (χ1v) is 9.77. The number of amides is 1. The van der Waals surface area contributed by atoms with E-state index in [0.717, 1.165) is 16.9 Å². The highest BCUT2D eigenvalue weighted by Gasteiger charge is 2.29. The third-order valence-corrected chi connectivity index (χ3v) is 5.01. The molecule has 0 aliphatic heterocycles. The van der Waals surface area contributed by atoms with Crippen LogP contribution >= 0.6 is 11.3 Å². The van der Waals surface area contributed by atoms with Crippen LogP contribution in [0.5, 0.6) is 0 Å². The lowest BCUT2D eigenvalue weighted by molar-refractivity contribution is 0.00744. The summed E-state index contributed by atoms with van der Waals surface area (Å²) in [6.45, 7) is 10.6. The molecule has 0 spiro atoms. The van der Waals surface area contributed by atoms with E-state index in [1.807, 2.05) is 19.1 Å². The third kappa shape index (κ3) is 4.98. The van der Waals surface area contributed by atoms with E-state index >= 15 is 0 Å². The lowest BCUT2D eigenvalue weighted by Crippen LogP contribution is -2.23. The Labute approximate surface area is 168 Å². The number of esters is 2. The second kappa shape index (κ2) is 8.56. The molecule has 2 aromatic rings. The van der Waals surface area contributed by atoms with Crippen molar-refractivity contribution < 1.29 is 23.9 Å². The molecule has 0 atom stereocenters. The number of carbonyl (C=O) groups is 3. The van der Waals surface area contributed by atoms with E-state index in [2.05, 4.69) is 5.32 Å². The summed E-state index contributed by atoms with van der Waals surface area (Å²) in [5, 5.41) is 3.03. The number of aryl methyl sites for hydroxylation is 1. The quantitative estimate of drug-likeness (QED) is 0.729. The molecule has 1 aromatic heterocycles. The summed E-state index contributed by atoms with van der Waals surface area (Å²) < 4.78 is 10.5. The number of ether oxygens (including phenoxy) is 2. The molecule has 0 aliphatic rings. The minimum atomic E-state index is -0.678. The van der Waals surface area contributed by atoms with Gasteiger partial charge in [-0.05, 0) is 58.7 Å². The van der Waals surface area contributed by atoms with Crippen LogP contribution in [0.3, 0.4) is 0 Å². The number of anilines is 1. The van der Waals surface area contributed by atoms with Gasteiger partial charge in [0.2, 0.25) is 0 Å². The van der Waals surface area contributed by atoms with Crippen molar-refractivity contribution in [1.29, 1.82) is 0 Å². The number of rotatable bonds is 5. The van der Waals surface area contributed by atoms with E-state index in [1.165, 1.54) is 0 Å². The molecule has 0 saturated heterocycles. The predicted molar refractivity (Wildman–Crippen MR) is 109 cm³/mol. The molecule has 0 aliphatic carbocycles. The Bertz CT molecular complexity index is 908. The number of thiophene rings is 1. The largest absolute Gasteiger partial charge is 0.462 e. The van der Waals surface area contributed by atoms with E-state index in [9.17, 15) is 14.4 Å². The Balaban J connectivity index is 2.45. The predicted octanol–water partition coefficient (Wildman–Crippen LogP) is 4.75. The Kier molecular flexibility index (Phi) is 6.61. The van der Waals surface area contributed by atoms with Crippen molar-refractivity contribution in [2.24, 2.45) is 0 Å². The van der Waals surface area contributed by atoms with Crippen molar-refractivity contribution in [1.82, 2.24) is 0 Å². The van der Waals surface area contributed by atoms with Gasteiger partial charge in [-0.3, -0.25) is 4.79 Å². The summed E-state index contributed by atoms with van der Waals surface area (Å²) in [4.78, 5) is 38.0. The fraction of sp³-hybridized carbons (Fsp3) is 0.381. The first kappa shape index (κ1) is 21.6.